The predicted molar refractivity (Wildman–Crippen MR) is 66.5 cm³/mol. The zero-order chi connectivity index (χ0) is 12.7. The summed E-state index contributed by atoms with van der Waals surface area (Å²) in [6.45, 7) is 11.9. The number of aliphatic hydroxyl groups is 1. The highest BCUT2D eigenvalue weighted by Gasteiger charge is 2.55. The van der Waals surface area contributed by atoms with Crippen LogP contribution in [-0.4, -0.2) is 30.7 Å². The molecule has 1 aliphatic heterocycles. The first kappa shape index (κ1) is 13.1. The Bertz CT molecular complexity index is 301. The highest BCUT2D eigenvalue weighted by molar-refractivity contribution is 5.08. The van der Waals surface area contributed by atoms with Crippen LogP contribution in [0.1, 0.15) is 33.6 Å². The van der Waals surface area contributed by atoms with E-state index in [1.807, 2.05) is 6.08 Å². The molecule has 0 aromatic rings. The van der Waals surface area contributed by atoms with Gasteiger partial charge in [0.1, 0.15) is 0 Å². The summed E-state index contributed by atoms with van der Waals surface area (Å²) in [4.78, 5) is 0. The summed E-state index contributed by atoms with van der Waals surface area (Å²) in [6, 6.07) is 0. The predicted octanol–water partition coefficient (Wildman–Crippen LogP) is 2.35. The summed E-state index contributed by atoms with van der Waals surface area (Å²) in [5.74, 6) is -0.155. The van der Waals surface area contributed by atoms with Gasteiger partial charge < -0.3 is 14.6 Å². The molecule has 2 atom stereocenters. The van der Waals surface area contributed by atoms with E-state index in [1.54, 1.807) is 0 Å². The first-order valence-corrected chi connectivity index (χ1v) is 6.39. The van der Waals surface area contributed by atoms with E-state index in [9.17, 15) is 5.11 Å². The Morgan fingerprint density at radius 2 is 1.94 bits per heavy atom. The Labute approximate surface area is 104 Å². The number of aliphatic hydroxyl groups excluding tert-OH is 1. The number of rotatable bonds is 2. The molecule has 1 spiro atoms. The summed E-state index contributed by atoms with van der Waals surface area (Å²) in [5.41, 5.74) is -0.158. The molecule has 0 radical (unpaired) electrons. The van der Waals surface area contributed by atoms with E-state index in [1.165, 1.54) is 0 Å². The number of ether oxygens (including phenoxy) is 2. The summed E-state index contributed by atoms with van der Waals surface area (Å²) in [5, 5.41) is 9.62. The van der Waals surface area contributed by atoms with Crippen LogP contribution < -0.4 is 0 Å². The van der Waals surface area contributed by atoms with Gasteiger partial charge in [0.15, 0.2) is 5.79 Å². The largest absolute Gasteiger partial charge is 0.395 e. The lowest BCUT2D eigenvalue weighted by molar-refractivity contribution is -0.298. The monoisotopic (exact) mass is 240 g/mol. The summed E-state index contributed by atoms with van der Waals surface area (Å²) in [6.07, 6.45) is 3.44. The molecule has 2 rings (SSSR count). The quantitative estimate of drug-likeness (QED) is 0.753. The Hall–Kier alpha value is -0.380. The van der Waals surface area contributed by atoms with Gasteiger partial charge in [-0.3, -0.25) is 0 Å². The average Bonchev–Trinajstić information content (AvgIpc) is 2.58. The minimum Gasteiger partial charge on any atom is -0.395 e. The zero-order valence-corrected chi connectivity index (χ0v) is 11.2. The van der Waals surface area contributed by atoms with Crippen molar-refractivity contribution in [1.29, 1.82) is 0 Å². The smallest absolute Gasteiger partial charge is 0.169 e. The molecule has 1 saturated carbocycles. The van der Waals surface area contributed by atoms with Crippen LogP contribution in [0.2, 0.25) is 0 Å². The molecule has 2 fully saturated rings. The molecule has 0 aromatic heterocycles. The molecule has 2 aliphatic rings. The molecular formula is C14H24O3. The van der Waals surface area contributed by atoms with Crippen LogP contribution in [0.3, 0.4) is 0 Å². The second kappa shape index (κ2) is 4.08. The first-order valence-electron chi connectivity index (χ1n) is 6.39. The maximum atomic E-state index is 9.62. The van der Waals surface area contributed by atoms with Gasteiger partial charge in [0, 0.05) is 23.7 Å². The Balaban J connectivity index is 2.13. The normalized spacial score (nSPS) is 39.4. The number of hydrogen-bond acceptors (Lipinski definition) is 3. The van der Waals surface area contributed by atoms with E-state index in [4.69, 9.17) is 9.47 Å². The third kappa shape index (κ3) is 2.16. The molecule has 17 heavy (non-hydrogen) atoms. The van der Waals surface area contributed by atoms with Crippen LogP contribution in [-0.2, 0) is 9.47 Å². The van der Waals surface area contributed by atoms with Crippen molar-refractivity contribution in [3.8, 4) is 0 Å². The van der Waals surface area contributed by atoms with Crippen molar-refractivity contribution in [1.82, 2.24) is 0 Å². The van der Waals surface area contributed by atoms with Crippen molar-refractivity contribution in [2.75, 3.05) is 19.8 Å². The molecule has 0 unspecified atom stereocenters. The van der Waals surface area contributed by atoms with Crippen molar-refractivity contribution >= 4 is 0 Å². The molecule has 98 valence electrons. The van der Waals surface area contributed by atoms with E-state index in [0.717, 1.165) is 26.1 Å². The van der Waals surface area contributed by atoms with Gasteiger partial charge in [0.05, 0.1) is 19.8 Å². The van der Waals surface area contributed by atoms with Crippen molar-refractivity contribution in [2.24, 2.45) is 16.7 Å². The second-order valence-corrected chi connectivity index (χ2v) is 6.53. The summed E-state index contributed by atoms with van der Waals surface area (Å²) in [7, 11) is 0. The van der Waals surface area contributed by atoms with Gasteiger partial charge in [-0.25, -0.2) is 0 Å². The molecular weight excluding hydrogens is 216 g/mol. The highest BCUT2D eigenvalue weighted by atomic mass is 16.7. The molecule has 3 nitrogen and oxygen atoms in total. The maximum Gasteiger partial charge on any atom is 0.169 e. The highest BCUT2D eigenvalue weighted by Crippen LogP contribution is 2.53. The topological polar surface area (TPSA) is 38.7 Å². The van der Waals surface area contributed by atoms with E-state index in [0.29, 0.717) is 5.92 Å². The lowest BCUT2D eigenvalue weighted by Gasteiger charge is -2.42. The fourth-order valence-electron chi connectivity index (χ4n) is 2.92. The van der Waals surface area contributed by atoms with Crippen molar-refractivity contribution in [2.45, 2.75) is 39.4 Å². The van der Waals surface area contributed by atoms with Crippen molar-refractivity contribution in [3.63, 3.8) is 0 Å². The van der Waals surface area contributed by atoms with Gasteiger partial charge in [-0.15, -0.1) is 6.58 Å². The summed E-state index contributed by atoms with van der Waals surface area (Å²) < 4.78 is 12.0. The van der Waals surface area contributed by atoms with Crippen LogP contribution in [0.25, 0.3) is 0 Å². The van der Waals surface area contributed by atoms with Gasteiger partial charge in [-0.05, 0) is 5.92 Å². The molecule has 1 N–H and O–H groups in total. The van der Waals surface area contributed by atoms with Gasteiger partial charge in [-0.1, -0.05) is 26.8 Å². The average molecular weight is 240 g/mol. The Kier molecular flexibility index (Phi) is 3.13. The van der Waals surface area contributed by atoms with Crippen LogP contribution >= 0.6 is 0 Å². The standard InChI is InChI=1S/C14H24O3/c1-5-13(8-15)7-14(6-11(13)2)16-9-12(3,4)10-17-14/h5,11,15H,1,6-10H2,2-4H3/t11-,13-/m0/s1. The maximum absolute atomic E-state index is 9.62. The third-order valence-corrected chi connectivity index (χ3v) is 4.35. The molecule has 1 saturated heterocycles. The van der Waals surface area contributed by atoms with Crippen LogP contribution in [0.15, 0.2) is 12.7 Å². The lowest BCUT2D eigenvalue weighted by Crippen LogP contribution is -2.46. The SMILES string of the molecule is C=C[C@@]1(CO)CC2(C[C@@H]1C)OCC(C)(C)CO2. The van der Waals surface area contributed by atoms with Crippen LogP contribution in [0, 0.1) is 16.7 Å². The van der Waals surface area contributed by atoms with E-state index >= 15 is 0 Å². The van der Waals surface area contributed by atoms with Crippen LogP contribution in [0.5, 0.6) is 0 Å². The summed E-state index contributed by atoms with van der Waals surface area (Å²) >= 11 is 0. The Morgan fingerprint density at radius 3 is 2.35 bits per heavy atom. The fourth-order valence-corrected chi connectivity index (χ4v) is 2.92. The first-order chi connectivity index (χ1) is 7.87. The van der Waals surface area contributed by atoms with Crippen molar-refractivity contribution < 1.29 is 14.6 Å². The molecule has 1 heterocycles. The van der Waals surface area contributed by atoms with Gasteiger partial charge >= 0.3 is 0 Å². The van der Waals surface area contributed by atoms with E-state index in [2.05, 4.69) is 27.4 Å². The van der Waals surface area contributed by atoms with E-state index < -0.39 is 5.79 Å². The lowest BCUT2D eigenvalue weighted by atomic mass is 9.80. The van der Waals surface area contributed by atoms with Crippen LogP contribution in [0.4, 0.5) is 0 Å². The van der Waals surface area contributed by atoms with Gasteiger partial charge in [0.2, 0.25) is 0 Å². The zero-order valence-electron chi connectivity index (χ0n) is 11.2. The minimum atomic E-state index is -0.494. The number of hydrogen-bond donors (Lipinski definition) is 1. The van der Waals surface area contributed by atoms with Gasteiger partial charge in [-0.2, -0.15) is 0 Å². The third-order valence-electron chi connectivity index (χ3n) is 4.35. The van der Waals surface area contributed by atoms with E-state index in [-0.39, 0.29) is 17.4 Å². The molecule has 3 heteroatoms. The molecule has 0 bridgehead atoms. The fraction of sp³-hybridized carbons (Fsp3) is 0.857. The molecule has 1 aliphatic carbocycles. The molecule has 0 aromatic carbocycles. The second-order valence-electron chi connectivity index (χ2n) is 6.53. The minimum absolute atomic E-state index is 0.0904. The van der Waals surface area contributed by atoms with Gasteiger partial charge in [0.25, 0.3) is 0 Å². The molecule has 0 amide bonds. The Morgan fingerprint density at radius 1 is 1.35 bits per heavy atom. The van der Waals surface area contributed by atoms with Crippen molar-refractivity contribution in [3.05, 3.63) is 12.7 Å².